The zero-order chi connectivity index (χ0) is 43.2. The summed E-state index contributed by atoms with van der Waals surface area (Å²) in [6.07, 6.45) is -0.924. The Hall–Kier alpha value is -5.11. The molecule has 7 atom stereocenters. The van der Waals surface area contributed by atoms with Crippen LogP contribution in [0.25, 0.3) is 0 Å². The minimum absolute atomic E-state index is 0.0711. The van der Waals surface area contributed by atoms with E-state index >= 15 is 4.79 Å². The van der Waals surface area contributed by atoms with Crippen molar-refractivity contribution in [3.63, 3.8) is 0 Å². The van der Waals surface area contributed by atoms with Crippen LogP contribution in [0.5, 0.6) is 5.75 Å². The van der Waals surface area contributed by atoms with Crippen molar-refractivity contribution >= 4 is 24.5 Å². The third-order valence-corrected chi connectivity index (χ3v) is 18.2. The SMILES string of the molecule is CC[C@@H](O[Si](c1ccccc1)(c1ccccc1)C(C)(C)C)[C@H](C)[C@@H]1OC(c2ccc(OC)cc2)O[C@@H]([C@H](C)C(=O)C(c2ccccc2)(c2ccccc2)c2ccccc2)[C@@H]1C. The monoisotopic (exact) mass is 830 g/mol. The number of carbonyl (C=O) groups excluding carboxylic acids is 1. The summed E-state index contributed by atoms with van der Waals surface area (Å²) in [4.78, 5) is 16.1. The number of ether oxygens (including phenoxy) is 3. The summed E-state index contributed by atoms with van der Waals surface area (Å²) in [7, 11) is -1.25. The molecule has 61 heavy (non-hydrogen) atoms. The van der Waals surface area contributed by atoms with E-state index in [1.54, 1.807) is 7.11 Å². The third kappa shape index (κ3) is 8.44. The van der Waals surface area contributed by atoms with Crippen LogP contribution in [-0.2, 0) is 24.1 Å². The molecule has 0 spiro atoms. The lowest BCUT2D eigenvalue weighted by atomic mass is 9.62. The molecule has 1 heterocycles. The van der Waals surface area contributed by atoms with E-state index in [-0.39, 0.29) is 34.9 Å². The van der Waals surface area contributed by atoms with Gasteiger partial charge >= 0.3 is 0 Å². The van der Waals surface area contributed by atoms with Gasteiger partial charge in [0.2, 0.25) is 0 Å². The highest BCUT2D eigenvalue weighted by atomic mass is 28.4. The fourth-order valence-corrected chi connectivity index (χ4v) is 14.9. The van der Waals surface area contributed by atoms with Crippen LogP contribution >= 0.6 is 0 Å². The Morgan fingerprint density at radius 1 is 0.623 bits per heavy atom. The summed E-state index contributed by atoms with van der Waals surface area (Å²) >= 11 is 0. The molecule has 0 aromatic heterocycles. The van der Waals surface area contributed by atoms with E-state index in [0.29, 0.717) is 0 Å². The molecule has 0 N–H and O–H groups in total. The minimum Gasteiger partial charge on any atom is -0.497 e. The molecule has 0 bridgehead atoms. The molecule has 5 nitrogen and oxygen atoms in total. The van der Waals surface area contributed by atoms with Crippen LogP contribution in [0.3, 0.4) is 0 Å². The molecular weight excluding hydrogens is 769 g/mol. The molecule has 0 aliphatic carbocycles. The van der Waals surface area contributed by atoms with Crippen molar-refractivity contribution in [1.82, 2.24) is 0 Å². The highest BCUT2D eigenvalue weighted by Crippen LogP contribution is 2.47. The molecule has 7 rings (SSSR count). The van der Waals surface area contributed by atoms with E-state index in [1.165, 1.54) is 10.4 Å². The van der Waals surface area contributed by atoms with Gasteiger partial charge in [0.15, 0.2) is 12.1 Å². The molecule has 6 aromatic rings. The molecule has 6 aromatic carbocycles. The average molecular weight is 831 g/mol. The van der Waals surface area contributed by atoms with Crippen molar-refractivity contribution in [2.24, 2.45) is 17.8 Å². The van der Waals surface area contributed by atoms with Gasteiger partial charge in [-0.05, 0) is 50.7 Å². The Labute approximate surface area is 365 Å². The molecule has 0 radical (unpaired) electrons. The number of Topliss-reactive ketones (excluding diaryl/α,β-unsaturated/α-hetero) is 1. The van der Waals surface area contributed by atoms with Crippen LogP contribution in [-0.4, -0.2) is 39.5 Å². The van der Waals surface area contributed by atoms with Crippen LogP contribution in [0.1, 0.15) is 83.4 Å². The molecule has 0 saturated carbocycles. The second kappa shape index (κ2) is 18.9. The summed E-state index contributed by atoms with van der Waals surface area (Å²) in [6, 6.07) is 60.2. The predicted molar refractivity (Wildman–Crippen MR) is 250 cm³/mol. The van der Waals surface area contributed by atoms with Gasteiger partial charge in [-0.2, -0.15) is 0 Å². The topological polar surface area (TPSA) is 54.0 Å². The van der Waals surface area contributed by atoms with Gasteiger partial charge in [0.1, 0.15) is 11.2 Å². The highest BCUT2D eigenvalue weighted by molar-refractivity contribution is 6.99. The number of methoxy groups -OCH3 is 1. The molecular formula is C55H62O5Si. The van der Waals surface area contributed by atoms with E-state index in [4.69, 9.17) is 18.6 Å². The number of ketones is 1. The lowest BCUT2D eigenvalue weighted by Gasteiger charge is -2.50. The van der Waals surface area contributed by atoms with Crippen LogP contribution in [0.4, 0.5) is 0 Å². The third-order valence-electron chi connectivity index (χ3n) is 13.1. The molecule has 1 unspecified atom stereocenters. The first-order valence-corrected chi connectivity index (χ1v) is 23.8. The molecule has 1 aliphatic rings. The maximum Gasteiger partial charge on any atom is 0.261 e. The van der Waals surface area contributed by atoms with Crippen LogP contribution in [0, 0.1) is 17.8 Å². The fourth-order valence-electron chi connectivity index (χ4n) is 10.0. The first-order chi connectivity index (χ1) is 29.5. The zero-order valence-corrected chi connectivity index (χ0v) is 38.0. The van der Waals surface area contributed by atoms with Crippen LogP contribution in [0.2, 0.25) is 5.04 Å². The van der Waals surface area contributed by atoms with E-state index in [9.17, 15) is 0 Å². The van der Waals surface area contributed by atoms with Crippen molar-refractivity contribution in [1.29, 1.82) is 0 Å². The second-order valence-electron chi connectivity index (χ2n) is 17.8. The van der Waals surface area contributed by atoms with Crippen LogP contribution in [0.15, 0.2) is 176 Å². The van der Waals surface area contributed by atoms with Crippen molar-refractivity contribution in [2.45, 2.75) is 89.9 Å². The fraction of sp³-hybridized carbons (Fsp3) is 0.327. The van der Waals surface area contributed by atoms with E-state index < -0.39 is 32.0 Å². The average Bonchev–Trinajstić information content (AvgIpc) is 3.30. The highest BCUT2D eigenvalue weighted by Gasteiger charge is 2.55. The molecule has 0 amide bonds. The van der Waals surface area contributed by atoms with Gasteiger partial charge in [0, 0.05) is 23.3 Å². The summed E-state index contributed by atoms with van der Waals surface area (Å²) in [5, 5.41) is 2.29. The summed E-state index contributed by atoms with van der Waals surface area (Å²) in [5.74, 6) is 0.0255. The van der Waals surface area contributed by atoms with Gasteiger partial charge in [0.05, 0.1) is 25.4 Å². The summed E-state index contributed by atoms with van der Waals surface area (Å²) < 4.78 is 27.7. The lowest BCUT2D eigenvalue weighted by Crippen LogP contribution is -2.68. The van der Waals surface area contributed by atoms with Gasteiger partial charge in [-0.1, -0.05) is 212 Å². The first-order valence-electron chi connectivity index (χ1n) is 21.9. The van der Waals surface area contributed by atoms with Crippen molar-refractivity contribution in [3.8, 4) is 5.75 Å². The first kappa shape index (κ1) is 44.0. The number of hydrogen-bond donors (Lipinski definition) is 0. The zero-order valence-electron chi connectivity index (χ0n) is 37.0. The van der Waals surface area contributed by atoms with Gasteiger partial charge in [-0.25, -0.2) is 0 Å². The molecule has 1 aliphatic heterocycles. The largest absolute Gasteiger partial charge is 0.497 e. The van der Waals surface area contributed by atoms with E-state index in [0.717, 1.165) is 34.4 Å². The Kier molecular flexibility index (Phi) is 13.6. The lowest BCUT2D eigenvalue weighted by molar-refractivity contribution is -0.292. The Balaban J connectivity index is 1.34. The Morgan fingerprint density at radius 3 is 1.43 bits per heavy atom. The minimum atomic E-state index is -2.92. The molecule has 1 fully saturated rings. The number of rotatable bonds is 15. The predicted octanol–water partition coefficient (Wildman–Crippen LogP) is 11.3. The number of benzene rings is 6. The van der Waals surface area contributed by atoms with Gasteiger partial charge in [-0.3, -0.25) is 4.79 Å². The molecule has 1 saturated heterocycles. The summed E-state index contributed by atoms with van der Waals surface area (Å²) in [5.41, 5.74) is 2.54. The molecule has 6 heteroatoms. The Morgan fingerprint density at radius 2 is 1.03 bits per heavy atom. The normalized spacial score (nSPS) is 20.0. The van der Waals surface area contributed by atoms with Gasteiger partial charge in [0.25, 0.3) is 8.32 Å². The smallest absolute Gasteiger partial charge is 0.261 e. The van der Waals surface area contributed by atoms with Crippen molar-refractivity contribution < 1.29 is 23.4 Å². The maximum atomic E-state index is 16.1. The van der Waals surface area contributed by atoms with Crippen molar-refractivity contribution in [2.75, 3.05) is 7.11 Å². The van der Waals surface area contributed by atoms with Crippen LogP contribution < -0.4 is 15.1 Å². The second-order valence-corrected chi connectivity index (χ2v) is 22.0. The van der Waals surface area contributed by atoms with Gasteiger partial charge in [-0.15, -0.1) is 0 Å². The number of carbonyl (C=O) groups is 1. The van der Waals surface area contributed by atoms with E-state index in [2.05, 4.69) is 146 Å². The molecule has 316 valence electrons. The Bertz CT molecular complexity index is 2140. The standard InChI is InChI=1S/C55H62O5Si/c1-9-49(60-61(54(5,6)7,47-31-21-13-22-32-47)48-33-23-14-24-34-48)39(2)50-40(3)51(59-53(58-50)42-35-37-46(57-8)38-36-42)41(4)52(56)55(43-25-15-10-16-26-43,44-27-17-11-18-28-44)45-29-19-12-20-30-45/h10-41,49-51,53H,9H2,1-8H3/t39-,40+,41-,49+,50-,51+,53?/m0/s1. The van der Waals surface area contributed by atoms with Gasteiger partial charge < -0.3 is 18.6 Å². The van der Waals surface area contributed by atoms with E-state index in [1.807, 2.05) is 78.9 Å². The maximum absolute atomic E-state index is 16.1. The quantitative estimate of drug-likeness (QED) is 0.0762. The number of hydrogen-bond acceptors (Lipinski definition) is 5. The van der Waals surface area contributed by atoms with Crippen molar-refractivity contribution in [3.05, 3.63) is 198 Å². The summed E-state index contributed by atoms with van der Waals surface area (Å²) in [6.45, 7) is 15.7.